The van der Waals surface area contributed by atoms with Crippen molar-refractivity contribution in [1.82, 2.24) is 5.43 Å². The lowest BCUT2D eigenvalue weighted by atomic mass is 10.1. The molecule has 0 radical (unpaired) electrons. The molecule has 0 fully saturated rings. The minimum Gasteiger partial charge on any atom is -0.492 e. The first-order chi connectivity index (χ1) is 10.7. The number of unbranched alkanes of at least 4 members (excludes halogenated alkanes) is 1. The topological polar surface area (TPSA) is 64.3 Å². The van der Waals surface area contributed by atoms with Crippen LogP contribution in [0.5, 0.6) is 5.75 Å². The number of amides is 1. The van der Waals surface area contributed by atoms with Gasteiger partial charge in [0.2, 0.25) is 5.91 Å². The number of halogens is 1. The Morgan fingerprint density at radius 2 is 1.86 bits per heavy atom. The summed E-state index contributed by atoms with van der Waals surface area (Å²) in [6, 6.07) is 15.8. The number of nitrogens with one attached hydrogen (secondary N) is 1. The summed E-state index contributed by atoms with van der Waals surface area (Å²) in [5, 5.41) is 0.584. The summed E-state index contributed by atoms with van der Waals surface area (Å²) >= 11 is 6.26. The van der Waals surface area contributed by atoms with Gasteiger partial charge >= 0.3 is 0 Å². The summed E-state index contributed by atoms with van der Waals surface area (Å²) in [5.41, 5.74) is 4.27. The Balaban J connectivity index is 1.87. The maximum atomic E-state index is 11.0. The molecule has 2 aromatic carbocycles. The molecule has 2 rings (SSSR count). The first-order valence-corrected chi connectivity index (χ1v) is 7.55. The number of carbonyl (C=O) groups is 1. The van der Waals surface area contributed by atoms with Crippen molar-refractivity contribution in [2.24, 2.45) is 5.84 Å². The number of hydrogen-bond donors (Lipinski definition) is 2. The van der Waals surface area contributed by atoms with Crippen molar-refractivity contribution < 1.29 is 9.53 Å². The molecule has 0 aliphatic carbocycles. The third-order valence-corrected chi connectivity index (χ3v) is 3.55. The third kappa shape index (κ3) is 4.76. The molecule has 0 unspecified atom stereocenters. The van der Waals surface area contributed by atoms with E-state index in [-0.39, 0.29) is 5.91 Å². The van der Waals surface area contributed by atoms with E-state index >= 15 is 0 Å². The summed E-state index contributed by atoms with van der Waals surface area (Å²) in [4.78, 5) is 11.0. The highest BCUT2D eigenvalue weighted by atomic mass is 35.5. The number of nitrogens with two attached hydrogens (primary N) is 1. The number of carbonyl (C=O) groups excluding carboxylic acids is 1. The van der Waals surface area contributed by atoms with E-state index in [4.69, 9.17) is 22.2 Å². The van der Waals surface area contributed by atoms with Crippen LogP contribution in [-0.4, -0.2) is 12.5 Å². The van der Waals surface area contributed by atoms with Gasteiger partial charge in [-0.1, -0.05) is 48.0 Å². The summed E-state index contributed by atoms with van der Waals surface area (Å²) < 4.78 is 5.65. The molecule has 5 heteroatoms. The lowest BCUT2D eigenvalue weighted by Crippen LogP contribution is -2.29. The van der Waals surface area contributed by atoms with Gasteiger partial charge in [0.05, 0.1) is 11.6 Å². The van der Waals surface area contributed by atoms with Crippen molar-refractivity contribution in [3.63, 3.8) is 0 Å². The fraction of sp³-hybridized carbons (Fsp3) is 0.235. The number of benzene rings is 2. The minimum absolute atomic E-state index is 0.162. The number of hydrazine groups is 1. The lowest BCUT2D eigenvalue weighted by molar-refractivity contribution is -0.121. The van der Waals surface area contributed by atoms with Crippen LogP contribution in [0, 0.1) is 0 Å². The van der Waals surface area contributed by atoms with Gasteiger partial charge in [-0.25, -0.2) is 5.84 Å². The zero-order valence-corrected chi connectivity index (χ0v) is 13.0. The van der Waals surface area contributed by atoms with Crippen molar-refractivity contribution in [3.8, 4) is 16.9 Å². The van der Waals surface area contributed by atoms with E-state index in [2.05, 4.69) is 5.43 Å². The van der Waals surface area contributed by atoms with Crippen molar-refractivity contribution in [2.45, 2.75) is 19.3 Å². The monoisotopic (exact) mass is 318 g/mol. The van der Waals surface area contributed by atoms with Gasteiger partial charge in [-0.15, -0.1) is 0 Å². The van der Waals surface area contributed by atoms with Gasteiger partial charge in [0.1, 0.15) is 5.75 Å². The molecular weight excluding hydrogens is 300 g/mol. The zero-order valence-electron chi connectivity index (χ0n) is 12.2. The summed E-state index contributed by atoms with van der Waals surface area (Å²) in [5.74, 6) is 5.51. The maximum Gasteiger partial charge on any atom is 0.233 e. The first-order valence-electron chi connectivity index (χ1n) is 7.18. The van der Waals surface area contributed by atoms with Crippen LogP contribution in [0.25, 0.3) is 11.1 Å². The van der Waals surface area contributed by atoms with Crippen LogP contribution in [0.1, 0.15) is 19.3 Å². The van der Waals surface area contributed by atoms with Crippen LogP contribution < -0.4 is 16.0 Å². The predicted molar refractivity (Wildman–Crippen MR) is 88.6 cm³/mol. The Morgan fingerprint density at radius 3 is 2.55 bits per heavy atom. The van der Waals surface area contributed by atoms with Gasteiger partial charge in [-0.05, 0) is 36.1 Å². The van der Waals surface area contributed by atoms with E-state index in [0.717, 1.165) is 24.0 Å². The average Bonchev–Trinajstić information content (AvgIpc) is 2.56. The molecule has 0 aliphatic rings. The van der Waals surface area contributed by atoms with Crippen molar-refractivity contribution in [2.75, 3.05) is 6.61 Å². The predicted octanol–water partition coefficient (Wildman–Crippen LogP) is 3.55. The second-order valence-electron chi connectivity index (χ2n) is 4.88. The van der Waals surface area contributed by atoms with E-state index in [0.29, 0.717) is 23.8 Å². The van der Waals surface area contributed by atoms with Gasteiger partial charge in [-0.2, -0.15) is 0 Å². The third-order valence-electron chi connectivity index (χ3n) is 3.26. The molecule has 3 N–H and O–H groups in total. The normalized spacial score (nSPS) is 10.3. The fourth-order valence-electron chi connectivity index (χ4n) is 2.07. The Bertz CT molecular complexity index is 617. The van der Waals surface area contributed by atoms with Gasteiger partial charge in [0, 0.05) is 6.42 Å². The SMILES string of the molecule is NNC(=O)CCCCOc1ccc(-c2ccccc2)cc1Cl. The van der Waals surface area contributed by atoms with Gasteiger partial charge in [0.25, 0.3) is 0 Å². The highest BCUT2D eigenvalue weighted by Gasteiger charge is 2.05. The molecule has 0 aliphatic heterocycles. The summed E-state index contributed by atoms with van der Waals surface area (Å²) in [7, 11) is 0. The van der Waals surface area contributed by atoms with Crippen LogP contribution in [-0.2, 0) is 4.79 Å². The second kappa shape index (κ2) is 8.41. The summed E-state index contributed by atoms with van der Waals surface area (Å²) in [6.45, 7) is 0.516. The Morgan fingerprint density at radius 1 is 1.09 bits per heavy atom. The molecule has 22 heavy (non-hydrogen) atoms. The Labute approximate surface area is 135 Å². The fourth-order valence-corrected chi connectivity index (χ4v) is 2.31. The van der Waals surface area contributed by atoms with Crippen molar-refractivity contribution >= 4 is 17.5 Å². The standard InChI is InChI=1S/C17H19ClN2O2/c18-15-12-14(13-6-2-1-3-7-13)9-10-16(15)22-11-5-4-8-17(21)20-19/h1-3,6-7,9-10,12H,4-5,8,11,19H2,(H,20,21). The van der Waals surface area contributed by atoms with Crippen molar-refractivity contribution in [1.29, 1.82) is 0 Å². The Hall–Kier alpha value is -2.04. The van der Waals surface area contributed by atoms with Gasteiger partial charge < -0.3 is 4.74 Å². The van der Waals surface area contributed by atoms with Gasteiger partial charge in [0.15, 0.2) is 0 Å². The number of hydrogen-bond acceptors (Lipinski definition) is 3. The maximum absolute atomic E-state index is 11.0. The average molecular weight is 319 g/mol. The van der Waals surface area contributed by atoms with Crippen LogP contribution >= 0.6 is 11.6 Å². The van der Waals surface area contributed by atoms with Crippen molar-refractivity contribution in [3.05, 3.63) is 53.6 Å². The van der Waals surface area contributed by atoms with E-state index in [1.165, 1.54) is 0 Å². The van der Waals surface area contributed by atoms with Crippen LogP contribution in [0.2, 0.25) is 5.02 Å². The molecule has 4 nitrogen and oxygen atoms in total. The van der Waals surface area contributed by atoms with E-state index in [1.54, 1.807) is 0 Å². The Kier molecular flexibility index (Phi) is 6.25. The molecule has 116 valence electrons. The highest BCUT2D eigenvalue weighted by Crippen LogP contribution is 2.30. The molecule has 0 heterocycles. The molecule has 0 saturated carbocycles. The molecule has 0 bridgehead atoms. The van der Waals surface area contributed by atoms with E-state index in [1.807, 2.05) is 48.5 Å². The largest absolute Gasteiger partial charge is 0.492 e. The molecular formula is C17H19ClN2O2. The zero-order chi connectivity index (χ0) is 15.8. The van der Waals surface area contributed by atoms with E-state index < -0.39 is 0 Å². The molecule has 1 amide bonds. The number of rotatable bonds is 7. The summed E-state index contributed by atoms with van der Waals surface area (Å²) in [6.07, 6.45) is 1.90. The van der Waals surface area contributed by atoms with Crippen LogP contribution in [0.15, 0.2) is 48.5 Å². The second-order valence-corrected chi connectivity index (χ2v) is 5.29. The van der Waals surface area contributed by atoms with Crippen LogP contribution in [0.4, 0.5) is 0 Å². The molecule has 0 aromatic heterocycles. The van der Waals surface area contributed by atoms with Gasteiger partial charge in [-0.3, -0.25) is 10.2 Å². The molecule has 2 aromatic rings. The van der Waals surface area contributed by atoms with Crippen LogP contribution in [0.3, 0.4) is 0 Å². The molecule has 0 saturated heterocycles. The van der Waals surface area contributed by atoms with E-state index in [9.17, 15) is 4.79 Å². The smallest absolute Gasteiger partial charge is 0.233 e. The minimum atomic E-state index is -0.162. The quantitative estimate of drug-likeness (QED) is 0.355. The number of ether oxygens (including phenoxy) is 1. The molecule has 0 atom stereocenters. The first kappa shape index (κ1) is 16.3. The molecule has 0 spiro atoms. The lowest BCUT2D eigenvalue weighted by Gasteiger charge is -2.09. The highest BCUT2D eigenvalue weighted by molar-refractivity contribution is 6.32.